The van der Waals surface area contributed by atoms with Crippen molar-refractivity contribution in [1.29, 1.82) is 0 Å². The first kappa shape index (κ1) is 37.6. The molecule has 55 heavy (non-hydrogen) atoms. The third-order valence-electron chi connectivity index (χ3n) is 11.5. The molecule has 0 saturated heterocycles. The maximum Gasteiger partial charge on any atom is 0.231 e. The van der Waals surface area contributed by atoms with E-state index in [1.807, 2.05) is 12.1 Å². The fourth-order valence-electron chi connectivity index (χ4n) is 8.69. The predicted octanol–water partition coefficient (Wildman–Crippen LogP) is 8.44. The lowest BCUT2D eigenvalue weighted by Crippen LogP contribution is -2.39. The fraction of sp³-hybridized carbons (Fsp3) is 0.455. The summed E-state index contributed by atoms with van der Waals surface area (Å²) in [6, 6.07) is 17.5. The highest BCUT2D eigenvalue weighted by Crippen LogP contribution is 2.48. The summed E-state index contributed by atoms with van der Waals surface area (Å²) >= 11 is 3.25. The Morgan fingerprint density at radius 2 is 1.16 bits per heavy atom. The van der Waals surface area contributed by atoms with E-state index >= 15 is 0 Å². The van der Waals surface area contributed by atoms with Crippen LogP contribution in [-0.2, 0) is 38.8 Å². The van der Waals surface area contributed by atoms with Crippen LogP contribution in [0.4, 0.5) is 0 Å². The molecular formula is C44H51BrN2O8. The number of nitrogens with zero attached hydrogens (tertiary/aromatic N) is 2. The van der Waals surface area contributed by atoms with Crippen molar-refractivity contribution in [3.05, 3.63) is 93.0 Å². The number of hydrogen-bond donors (Lipinski definition) is 1. The second kappa shape index (κ2) is 16.4. The number of methoxy groups -OCH3 is 2. The Hall–Kier alpha value is -4.32. The topological polar surface area (TPSA) is 91.3 Å². The van der Waals surface area contributed by atoms with Crippen molar-refractivity contribution in [3.63, 3.8) is 0 Å². The van der Waals surface area contributed by atoms with E-state index in [2.05, 4.69) is 76.0 Å². The van der Waals surface area contributed by atoms with Crippen LogP contribution < -0.4 is 33.2 Å². The average molecular weight is 816 g/mol. The Morgan fingerprint density at radius 1 is 0.673 bits per heavy atom. The molecule has 4 aromatic carbocycles. The summed E-state index contributed by atoms with van der Waals surface area (Å²) in [7, 11) is 3.30. The first-order chi connectivity index (χ1) is 26.9. The van der Waals surface area contributed by atoms with Gasteiger partial charge in [0.05, 0.1) is 20.8 Å². The molecule has 6 aliphatic heterocycles. The molecule has 10 rings (SSSR count). The van der Waals surface area contributed by atoms with Gasteiger partial charge in [0.15, 0.2) is 46.0 Å². The Bertz CT molecular complexity index is 2040. The molecule has 0 amide bonds. The van der Waals surface area contributed by atoms with E-state index in [4.69, 9.17) is 33.2 Å². The van der Waals surface area contributed by atoms with E-state index in [-0.39, 0.29) is 5.75 Å². The lowest BCUT2D eigenvalue weighted by molar-refractivity contribution is 0.156. The second-order valence-corrected chi connectivity index (χ2v) is 15.5. The molecule has 4 aromatic rings. The van der Waals surface area contributed by atoms with Gasteiger partial charge in [-0.1, -0.05) is 41.9 Å². The van der Waals surface area contributed by atoms with Gasteiger partial charge in [-0.25, -0.2) is 0 Å². The third-order valence-corrected chi connectivity index (χ3v) is 12.3. The first-order valence-corrected chi connectivity index (χ1v) is 20.6. The number of fused-ring (bicyclic) bond motifs is 10. The van der Waals surface area contributed by atoms with E-state index in [0.717, 1.165) is 104 Å². The minimum absolute atomic E-state index is 0.282. The van der Waals surface area contributed by atoms with Crippen molar-refractivity contribution in [2.24, 2.45) is 0 Å². The molecule has 0 bridgehead atoms. The van der Waals surface area contributed by atoms with Crippen LogP contribution in [0.15, 0.2) is 48.5 Å². The minimum atomic E-state index is 0.282. The van der Waals surface area contributed by atoms with Crippen LogP contribution in [-0.4, -0.2) is 67.7 Å². The van der Waals surface area contributed by atoms with Gasteiger partial charge in [-0.2, -0.15) is 0 Å². The van der Waals surface area contributed by atoms with Crippen LogP contribution in [0, 0.1) is 0 Å². The predicted molar refractivity (Wildman–Crippen MR) is 214 cm³/mol. The number of rotatable bonds is 6. The quantitative estimate of drug-likeness (QED) is 0.191. The van der Waals surface area contributed by atoms with Crippen LogP contribution in [0.25, 0.3) is 0 Å². The molecule has 2 atom stereocenters. The SMILES string of the molecule is CCCBr.CCCOc1c(OC)ccc2c1CN1CCc3cc4c(cc3C1C2)OCO4.COc1ccc2c(c1O)CN1CCc3cc4c(cc3C1C2)OCO4. The summed E-state index contributed by atoms with van der Waals surface area (Å²) in [5, 5.41) is 11.6. The van der Waals surface area contributed by atoms with Crippen molar-refractivity contribution >= 4 is 15.9 Å². The highest BCUT2D eigenvalue weighted by Gasteiger charge is 2.37. The number of halogens is 1. The van der Waals surface area contributed by atoms with Gasteiger partial charge in [0.1, 0.15) is 0 Å². The highest BCUT2D eigenvalue weighted by atomic mass is 79.9. The molecule has 11 heteroatoms. The van der Waals surface area contributed by atoms with Gasteiger partial charge in [-0.05, 0) is 108 Å². The van der Waals surface area contributed by atoms with E-state index in [9.17, 15) is 5.11 Å². The van der Waals surface area contributed by atoms with Crippen molar-refractivity contribution in [2.75, 3.05) is 52.8 Å². The number of aromatic hydroxyl groups is 1. The fourth-order valence-corrected chi connectivity index (χ4v) is 8.69. The molecule has 0 aliphatic carbocycles. The Morgan fingerprint density at radius 3 is 1.67 bits per heavy atom. The van der Waals surface area contributed by atoms with Crippen LogP contribution in [0.5, 0.6) is 46.0 Å². The van der Waals surface area contributed by atoms with Gasteiger partial charge in [-0.3, -0.25) is 9.80 Å². The van der Waals surface area contributed by atoms with E-state index < -0.39 is 0 Å². The van der Waals surface area contributed by atoms with Gasteiger partial charge in [0, 0.05) is 54.7 Å². The van der Waals surface area contributed by atoms with Gasteiger partial charge in [-0.15, -0.1) is 0 Å². The standard InChI is InChI=1S/C22H25NO4.C19H19NO4.C3H7Br/c1-3-8-25-22-17-12-23-7-6-15-10-20-21(27-13-26-20)11-16(15)18(23)9-14(17)4-5-19(22)24-2;1-22-16-3-2-11-6-15-13-8-18-17(23-10-24-18)7-12(13)4-5-20(15)9-14(11)19(16)21;1-2-3-4/h4-5,10-11,18H,3,6-9,12-13H2,1-2H3;2-3,7-8,15,21H,4-6,9-10H2,1H3;2-3H2,1H3. The third kappa shape index (κ3) is 7.27. The zero-order valence-electron chi connectivity index (χ0n) is 32.3. The van der Waals surface area contributed by atoms with Crippen molar-refractivity contribution < 1.29 is 38.3 Å². The van der Waals surface area contributed by atoms with Gasteiger partial charge in [0.25, 0.3) is 0 Å². The minimum Gasteiger partial charge on any atom is -0.504 e. The van der Waals surface area contributed by atoms with Crippen LogP contribution in [0.2, 0.25) is 0 Å². The van der Waals surface area contributed by atoms with Gasteiger partial charge >= 0.3 is 0 Å². The Kier molecular flexibility index (Phi) is 11.2. The van der Waals surface area contributed by atoms with E-state index in [0.29, 0.717) is 38.0 Å². The molecule has 0 fully saturated rings. The van der Waals surface area contributed by atoms with Gasteiger partial charge in [0.2, 0.25) is 13.6 Å². The molecular weight excluding hydrogens is 764 g/mol. The number of phenolic OH excluding ortho intramolecular Hbond substituents is 1. The van der Waals surface area contributed by atoms with Crippen molar-refractivity contribution in [2.45, 2.75) is 77.5 Å². The molecule has 6 heterocycles. The molecule has 6 aliphatic rings. The van der Waals surface area contributed by atoms with E-state index in [1.54, 1.807) is 14.2 Å². The van der Waals surface area contributed by atoms with Crippen LogP contribution in [0.3, 0.4) is 0 Å². The largest absolute Gasteiger partial charge is 0.504 e. The summed E-state index contributed by atoms with van der Waals surface area (Å²) in [6.07, 6.45) is 6.11. The lowest BCUT2D eigenvalue weighted by Gasteiger charge is -2.42. The number of hydrogen-bond acceptors (Lipinski definition) is 10. The summed E-state index contributed by atoms with van der Waals surface area (Å²) < 4.78 is 39.2. The van der Waals surface area contributed by atoms with Crippen molar-refractivity contribution in [1.82, 2.24) is 9.80 Å². The number of alkyl halides is 1. The maximum absolute atomic E-state index is 10.5. The number of phenols is 1. The Balaban J connectivity index is 0.000000143. The molecule has 1 N–H and O–H groups in total. The second-order valence-electron chi connectivity index (χ2n) is 14.7. The summed E-state index contributed by atoms with van der Waals surface area (Å²) in [4.78, 5) is 5.00. The molecule has 0 aromatic heterocycles. The molecule has 0 saturated carbocycles. The van der Waals surface area contributed by atoms with Gasteiger partial charge < -0.3 is 38.3 Å². The molecule has 10 nitrogen and oxygen atoms in total. The average Bonchev–Trinajstić information content (AvgIpc) is 3.89. The smallest absolute Gasteiger partial charge is 0.231 e. The zero-order chi connectivity index (χ0) is 38.1. The maximum atomic E-state index is 10.5. The molecule has 0 spiro atoms. The Labute approximate surface area is 332 Å². The first-order valence-electron chi connectivity index (χ1n) is 19.5. The number of ether oxygens (including phenoxy) is 7. The monoisotopic (exact) mass is 814 g/mol. The zero-order valence-corrected chi connectivity index (χ0v) is 33.8. The summed E-state index contributed by atoms with van der Waals surface area (Å²) in [5.74, 6) is 6.06. The van der Waals surface area contributed by atoms with E-state index in [1.165, 1.54) is 45.4 Å². The van der Waals surface area contributed by atoms with Crippen LogP contribution in [0.1, 0.15) is 83.3 Å². The lowest BCUT2D eigenvalue weighted by atomic mass is 9.83. The highest BCUT2D eigenvalue weighted by molar-refractivity contribution is 9.09. The summed E-state index contributed by atoms with van der Waals surface area (Å²) in [5.41, 5.74) is 10.3. The summed E-state index contributed by atoms with van der Waals surface area (Å²) in [6.45, 7) is 9.27. The molecule has 2 unspecified atom stereocenters. The normalized spacial score (nSPS) is 19.4. The number of benzene rings is 4. The van der Waals surface area contributed by atoms with Crippen molar-refractivity contribution in [3.8, 4) is 46.0 Å². The van der Waals surface area contributed by atoms with Crippen LogP contribution >= 0.6 is 15.9 Å². The molecule has 292 valence electrons. The molecule has 0 radical (unpaired) electrons.